The van der Waals surface area contributed by atoms with Crippen LogP contribution in [0.3, 0.4) is 0 Å². The zero-order valence-electron chi connectivity index (χ0n) is 14.7. The van der Waals surface area contributed by atoms with Crippen molar-refractivity contribution in [2.24, 2.45) is 5.10 Å². The van der Waals surface area contributed by atoms with E-state index in [0.717, 1.165) is 18.8 Å². The van der Waals surface area contributed by atoms with E-state index in [9.17, 15) is 9.90 Å². The normalized spacial score (nSPS) is 10.7. The first-order valence-corrected chi connectivity index (χ1v) is 8.15. The quantitative estimate of drug-likeness (QED) is 0.600. The van der Waals surface area contributed by atoms with Gasteiger partial charge in [0.2, 0.25) is 0 Å². The van der Waals surface area contributed by atoms with Gasteiger partial charge in [0.15, 0.2) is 0 Å². The van der Waals surface area contributed by atoms with Gasteiger partial charge in [-0.25, -0.2) is 5.43 Å². The third kappa shape index (κ3) is 4.50. The van der Waals surface area contributed by atoms with Gasteiger partial charge in [0.05, 0.1) is 18.9 Å². The number of para-hydroxylation sites is 1. The average molecular weight is 341 g/mol. The Morgan fingerprint density at radius 3 is 2.60 bits per heavy atom. The molecule has 2 rings (SSSR count). The van der Waals surface area contributed by atoms with E-state index in [1.54, 1.807) is 36.4 Å². The minimum atomic E-state index is -0.382. The molecule has 0 aliphatic rings. The second-order valence-electron chi connectivity index (χ2n) is 5.31. The number of methoxy groups -OCH3 is 1. The Morgan fingerprint density at radius 1 is 1.24 bits per heavy atom. The van der Waals surface area contributed by atoms with Gasteiger partial charge < -0.3 is 14.7 Å². The number of hydrogen-bond acceptors (Lipinski definition) is 5. The Hall–Kier alpha value is -3.02. The number of nitrogens with zero attached hydrogens (tertiary/aromatic N) is 2. The zero-order chi connectivity index (χ0) is 18.2. The molecule has 1 amide bonds. The topological polar surface area (TPSA) is 74.2 Å². The van der Waals surface area contributed by atoms with Gasteiger partial charge >= 0.3 is 0 Å². The molecule has 0 bridgehead atoms. The van der Waals surface area contributed by atoms with Crippen molar-refractivity contribution >= 4 is 17.8 Å². The Labute approximate surface area is 147 Å². The first kappa shape index (κ1) is 18.3. The molecule has 2 N–H and O–H groups in total. The van der Waals surface area contributed by atoms with Gasteiger partial charge in [0.1, 0.15) is 11.5 Å². The van der Waals surface area contributed by atoms with Gasteiger partial charge in [0.25, 0.3) is 5.91 Å². The standard InChI is InChI=1S/C19H23N3O3/c1-4-22(5-2)15-11-10-14(17(23)12-15)13-20-21-19(24)16-8-6-7-9-18(16)25-3/h6-13,23H,4-5H2,1-3H3,(H,21,24)/b20-13+. The molecule has 0 aliphatic heterocycles. The molecule has 0 radical (unpaired) electrons. The molecule has 132 valence electrons. The summed E-state index contributed by atoms with van der Waals surface area (Å²) in [5, 5.41) is 14.1. The molecule has 2 aromatic rings. The molecule has 0 fully saturated rings. The fourth-order valence-electron chi connectivity index (χ4n) is 2.48. The number of carbonyl (C=O) groups is 1. The summed E-state index contributed by atoms with van der Waals surface area (Å²) < 4.78 is 5.15. The number of anilines is 1. The molecule has 0 heterocycles. The number of rotatable bonds is 7. The van der Waals surface area contributed by atoms with Crippen LogP contribution in [0.5, 0.6) is 11.5 Å². The van der Waals surface area contributed by atoms with E-state index in [2.05, 4.69) is 29.3 Å². The molecule has 25 heavy (non-hydrogen) atoms. The maximum Gasteiger partial charge on any atom is 0.275 e. The van der Waals surface area contributed by atoms with E-state index < -0.39 is 0 Å². The second-order valence-corrected chi connectivity index (χ2v) is 5.31. The Morgan fingerprint density at radius 2 is 1.96 bits per heavy atom. The van der Waals surface area contributed by atoms with E-state index in [-0.39, 0.29) is 11.7 Å². The van der Waals surface area contributed by atoms with Crippen molar-refractivity contribution < 1.29 is 14.6 Å². The predicted octanol–water partition coefficient (Wildman–Crippen LogP) is 3.01. The van der Waals surface area contributed by atoms with Gasteiger partial charge in [-0.3, -0.25) is 4.79 Å². The number of phenolic OH excluding ortho intramolecular Hbond substituents is 1. The minimum absolute atomic E-state index is 0.111. The molecule has 0 spiro atoms. The lowest BCUT2D eigenvalue weighted by Crippen LogP contribution is -2.21. The van der Waals surface area contributed by atoms with Crippen molar-refractivity contribution in [1.82, 2.24) is 5.43 Å². The second kappa shape index (κ2) is 8.73. The highest BCUT2D eigenvalue weighted by Gasteiger charge is 2.10. The maximum absolute atomic E-state index is 12.1. The molecule has 0 saturated carbocycles. The molecular weight excluding hydrogens is 318 g/mol. The van der Waals surface area contributed by atoms with Crippen LogP contribution in [-0.4, -0.2) is 37.4 Å². The van der Waals surface area contributed by atoms with E-state index in [1.807, 2.05) is 6.07 Å². The summed E-state index contributed by atoms with van der Waals surface area (Å²) in [5.74, 6) is 0.203. The van der Waals surface area contributed by atoms with Crippen molar-refractivity contribution in [1.29, 1.82) is 0 Å². The maximum atomic E-state index is 12.1. The highest BCUT2D eigenvalue weighted by atomic mass is 16.5. The predicted molar refractivity (Wildman–Crippen MR) is 99.7 cm³/mol. The summed E-state index contributed by atoms with van der Waals surface area (Å²) >= 11 is 0. The van der Waals surface area contributed by atoms with Gasteiger partial charge in [-0.2, -0.15) is 5.10 Å². The lowest BCUT2D eigenvalue weighted by molar-refractivity contribution is 0.0952. The van der Waals surface area contributed by atoms with Crippen molar-refractivity contribution in [3.05, 3.63) is 53.6 Å². The molecular formula is C19H23N3O3. The SMILES string of the molecule is CCN(CC)c1ccc(/C=N/NC(=O)c2ccccc2OC)c(O)c1. The molecule has 0 unspecified atom stereocenters. The van der Waals surface area contributed by atoms with Crippen LogP contribution in [0, 0.1) is 0 Å². The highest BCUT2D eigenvalue weighted by Crippen LogP contribution is 2.23. The smallest absolute Gasteiger partial charge is 0.275 e. The molecule has 0 atom stereocenters. The molecule has 6 heteroatoms. The van der Waals surface area contributed by atoms with Crippen molar-refractivity contribution in [3.63, 3.8) is 0 Å². The van der Waals surface area contributed by atoms with E-state index in [1.165, 1.54) is 13.3 Å². The Balaban J connectivity index is 2.08. The number of benzene rings is 2. The van der Waals surface area contributed by atoms with Gasteiger partial charge in [-0.1, -0.05) is 12.1 Å². The number of carbonyl (C=O) groups excluding carboxylic acids is 1. The number of hydrazone groups is 1. The van der Waals surface area contributed by atoms with Crippen molar-refractivity contribution in [3.8, 4) is 11.5 Å². The number of ether oxygens (including phenoxy) is 1. The van der Waals surface area contributed by atoms with Crippen LogP contribution in [0.2, 0.25) is 0 Å². The summed E-state index contributed by atoms with van der Waals surface area (Å²) in [6, 6.07) is 12.3. The molecule has 2 aromatic carbocycles. The van der Waals surface area contributed by atoms with Crippen LogP contribution >= 0.6 is 0 Å². The first-order valence-electron chi connectivity index (χ1n) is 8.15. The summed E-state index contributed by atoms with van der Waals surface area (Å²) in [6.07, 6.45) is 1.41. The third-order valence-electron chi connectivity index (χ3n) is 3.86. The number of nitrogens with one attached hydrogen (secondary N) is 1. The summed E-state index contributed by atoms with van der Waals surface area (Å²) in [6.45, 7) is 5.84. The van der Waals surface area contributed by atoms with Crippen LogP contribution in [0.15, 0.2) is 47.6 Å². The Bertz CT molecular complexity index is 755. The van der Waals surface area contributed by atoms with E-state index >= 15 is 0 Å². The molecule has 0 saturated heterocycles. The summed E-state index contributed by atoms with van der Waals surface area (Å²) in [5.41, 5.74) is 4.30. The van der Waals surface area contributed by atoms with E-state index in [4.69, 9.17) is 4.74 Å². The van der Waals surface area contributed by atoms with Gasteiger partial charge in [-0.05, 0) is 38.1 Å². The van der Waals surface area contributed by atoms with E-state index in [0.29, 0.717) is 16.9 Å². The number of amides is 1. The van der Waals surface area contributed by atoms with Gasteiger partial charge in [0, 0.05) is 30.4 Å². The lowest BCUT2D eigenvalue weighted by atomic mass is 10.2. The number of hydrogen-bond donors (Lipinski definition) is 2. The van der Waals surface area contributed by atoms with Crippen LogP contribution in [0.4, 0.5) is 5.69 Å². The molecule has 6 nitrogen and oxygen atoms in total. The van der Waals surface area contributed by atoms with Crippen LogP contribution in [-0.2, 0) is 0 Å². The summed E-state index contributed by atoms with van der Waals surface area (Å²) in [4.78, 5) is 14.3. The van der Waals surface area contributed by atoms with Crippen molar-refractivity contribution in [2.75, 3.05) is 25.1 Å². The monoisotopic (exact) mass is 341 g/mol. The Kier molecular flexibility index (Phi) is 6.39. The van der Waals surface area contributed by atoms with Crippen LogP contribution in [0.25, 0.3) is 0 Å². The zero-order valence-corrected chi connectivity index (χ0v) is 14.7. The third-order valence-corrected chi connectivity index (χ3v) is 3.86. The lowest BCUT2D eigenvalue weighted by Gasteiger charge is -2.21. The number of phenols is 1. The fraction of sp³-hybridized carbons (Fsp3) is 0.263. The van der Waals surface area contributed by atoms with Crippen molar-refractivity contribution in [2.45, 2.75) is 13.8 Å². The van der Waals surface area contributed by atoms with Gasteiger partial charge in [-0.15, -0.1) is 0 Å². The minimum Gasteiger partial charge on any atom is -0.507 e. The number of aromatic hydroxyl groups is 1. The van der Waals surface area contributed by atoms with Crippen LogP contribution < -0.4 is 15.1 Å². The summed E-state index contributed by atoms with van der Waals surface area (Å²) in [7, 11) is 1.50. The fourth-order valence-corrected chi connectivity index (χ4v) is 2.48. The average Bonchev–Trinajstić information content (AvgIpc) is 2.64. The first-order chi connectivity index (χ1) is 12.1. The molecule has 0 aliphatic carbocycles. The van der Waals surface area contributed by atoms with Crippen LogP contribution in [0.1, 0.15) is 29.8 Å². The molecule has 0 aromatic heterocycles. The highest BCUT2D eigenvalue weighted by molar-refractivity contribution is 5.97. The largest absolute Gasteiger partial charge is 0.507 e.